The highest BCUT2D eigenvalue weighted by Gasteiger charge is 2.09. The minimum Gasteiger partial charge on any atom is -0.385 e. The van der Waals surface area contributed by atoms with E-state index in [2.05, 4.69) is 29.1 Å². The molecule has 0 spiro atoms. The Morgan fingerprint density at radius 1 is 0.733 bits per heavy atom. The lowest BCUT2D eigenvalue weighted by molar-refractivity contribution is 0.588. The molecule has 0 fully saturated rings. The molecule has 0 saturated heterocycles. The first-order valence-electron chi connectivity index (χ1n) is 12.0. The summed E-state index contributed by atoms with van der Waals surface area (Å²) in [6.45, 7) is 3.20. The Labute approximate surface area is 186 Å². The zero-order chi connectivity index (χ0) is 21.9. The summed E-state index contributed by atoms with van der Waals surface area (Å²) < 4.78 is 25.7. The van der Waals surface area contributed by atoms with Gasteiger partial charge in [-0.3, -0.25) is 0 Å². The van der Waals surface area contributed by atoms with E-state index >= 15 is 0 Å². The van der Waals surface area contributed by atoms with E-state index in [0.717, 1.165) is 18.7 Å². The van der Waals surface area contributed by atoms with Crippen LogP contribution in [0.25, 0.3) is 0 Å². The van der Waals surface area contributed by atoms with Crippen molar-refractivity contribution in [2.24, 2.45) is 0 Å². The Hall–Kier alpha value is -1.33. The summed E-state index contributed by atoms with van der Waals surface area (Å²) in [4.78, 5) is 0.299. The molecule has 172 valence electrons. The predicted octanol–water partition coefficient (Wildman–Crippen LogP) is 7.04. The molecule has 0 radical (unpaired) electrons. The van der Waals surface area contributed by atoms with Crippen LogP contribution in [-0.2, 0) is 10.0 Å². The third-order valence-electron chi connectivity index (χ3n) is 5.45. The average molecular weight is 437 g/mol. The molecule has 0 saturated carbocycles. The van der Waals surface area contributed by atoms with Crippen LogP contribution in [0.3, 0.4) is 0 Å². The molecule has 0 aliphatic carbocycles. The number of allylic oxidation sites excluding steroid dienone is 2. The third-order valence-corrected chi connectivity index (χ3v) is 6.88. The van der Waals surface area contributed by atoms with Crippen molar-refractivity contribution in [3.8, 4) is 0 Å². The summed E-state index contributed by atoms with van der Waals surface area (Å²) in [7, 11) is -1.92. The monoisotopic (exact) mass is 436 g/mol. The molecule has 2 N–H and O–H groups in total. The number of anilines is 1. The average Bonchev–Trinajstić information content (AvgIpc) is 2.76. The number of nitrogens with one attached hydrogen (secondary N) is 2. The lowest BCUT2D eigenvalue weighted by atomic mass is 10.1. The molecular formula is C25H44N2O2S. The van der Waals surface area contributed by atoms with Crippen LogP contribution in [0, 0.1) is 0 Å². The van der Waals surface area contributed by atoms with Gasteiger partial charge in [0.15, 0.2) is 0 Å². The molecule has 0 aliphatic heterocycles. The first-order valence-corrected chi connectivity index (χ1v) is 13.5. The van der Waals surface area contributed by atoms with Crippen molar-refractivity contribution >= 4 is 15.7 Å². The third kappa shape index (κ3) is 13.1. The number of hydrogen-bond donors (Lipinski definition) is 2. The molecular weight excluding hydrogens is 392 g/mol. The van der Waals surface area contributed by atoms with Gasteiger partial charge in [-0.1, -0.05) is 76.9 Å². The Morgan fingerprint density at radius 3 is 1.77 bits per heavy atom. The molecule has 0 aliphatic rings. The maximum absolute atomic E-state index is 11.7. The van der Waals surface area contributed by atoms with Crippen LogP contribution in [0.15, 0.2) is 41.3 Å². The second-order valence-corrected chi connectivity index (χ2v) is 9.98. The van der Waals surface area contributed by atoms with Crippen LogP contribution in [0.2, 0.25) is 0 Å². The van der Waals surface area contributed by atoms with Crippen LogP contribution >= 0.6 is 0 Å². The van der Waals surface area contributed by atoms with E-state index in [4.69, 9.17) is 0 Å². The van der Waals surface area contributed by atoms with E-state index in [0.29, 0.717) is 4.90 Å². The summed E-state index contributed by atoms with van der Waals surface area (Å²) in [5.74, 6) is 0. The minimum atomic E-state index is -3.35. The lowest BCUT2D eigenvalue weighted by Crippen LogP contribution is -2.18. The predicted molar refractivity (Wildman–Crippen MR) is 131 cm³/mol. The molecule has 1 aromatic rings. The standard InChI is InChI=1S/C25H44N2O2S/c1-3-4-5-6-7-8-9-10-11-12-13-14-15-16-17-18-23-27-24-19-21-25(22-20-24)30(28,29)26-2/h10-11,19-22,26-27H,3-9,12-18,23H2,1-2H3/b11-10-. The Kier molecular flexibility index (Phi) is 15.5. The van der Waals surface area contributed by atoms with Crippen LogP contribution in [-0.4, -0.2) is 22.0 Å². The molecule has 0 aromatic heterocycles. The van der Waals surface area contributed by atoms with Crippen LogP contribution in [0.5, 0.6) is 0 Å². The largest absolute Gasteiger partial charge is 0.385 e. The molecule has 0 bridgehead atoms. The Bertz CT molecular complexity index is 654. The number of hydrogen-bond acceptors (Lipinski definition) is 3. The highest BCUT2D eigenvalue weighted by atomic mass is 32.2. The van der Waals surface area contributed by atoms with Crippen molar-refractivity contribution in [1.29, 1.82) is 0 Å². The smallest absolute Gasteiger partial charge is 0.240 e. The first kappa shape index (κ1) is 26.7. The summed E-state index contributed by atoms with van der Waals surface area (Å²) in [5.41, 5.74) is 0.970. The fourth-order valence-corrected chi connectivity index (χ4v) is 4.21. The highest BCUT2D eigenvalue weighted by Crippen LogP contribution is 2.14. The normalized spacial score (nSPS) is 11.9. The fraction of sp³-hybridized carbons (Fsp3) is 0.680. The van der Waals surface area contributed by atoms with Crippen molar-refractivity contribution in [3.63, 3.8) is 0 Å². The minimum absolute atomic E-state index is 0.299. The van der Waals surface area contributed by atoms with Gasteiger partial charge in [-0.05, 0) is 63.4 Å². The molecule has 4 nitrogen and oxygen atoms in total. The quantitative estimate of drug-likeness (QED) is 0.180. The maximum atomic E-state index is 11.7. The zero-order valence-corrected chi connectivity index (χ0v) is 20.1. The van der Waals surface area contributed by atoms with Gasteiger partial charge in [0, 0.05) is 12.2 Å². The van der Waals surface area contributed by atoms with Crippen LogP contribution < -0.4 is 10.0 Å². The Balaban J connectivity index is 1.91. The van der Waals surface area contributed by atoms with E-state index in [-0.39, 0.29) is 0 Å². The van der Waals surface area contributed by atoms with E-state index in [1.54, 1.807) is 12.1 Å². The van der Waals surface area contributed by atoms with Gasteiger partial charge in [0.2, 0.25) is 10.0 Å². The highest BCUT2D eigenvalue weighted by molar-refractivity contribution is 7.89. The van der Waals surface area contributed by atoms with Crippen molar-refractivity contribution < 1.29 is 8.42 Å². The van der Waals surface area contributed by atoms with E-state index in [1.165, 1.54) is 90.5 Å². The van der Waals surface area contributed by atoms with Gasteiger partial charge in [0.25, 0.3) is 0 Å². The molecule has 0 atom stereocenters. The van der Waals surface area contributed by atoms with E-state index in [9.17, 15) is 8.42 Å². The molecule has 0 amide bonds. The summed E-state index contributed by atoms with van der Waals surface area (Å²) in [6, 6.07) is 6.92. The number of rotatable bonds is 19. The second-order valence-electron chi connectivity index (χ2n) is 8.10. The van der Waals surface area contributed by atoms with Gasteiger partial charge in [0.1, 0.15) is 0 Å². The van der Waals surface area contributed by atoms with Crippen molar-refractivity contribution in [2.75, 3.05) is 18.9 Å². The van der Waals surface area contributed by atoms with Gasteiger partial charge in [0.05, 0.1) is 4.90 Å². The lowest BCUT2D eigenvalue weighted by Gasteiger charge is -2.08. The van der Waals surface area contributed by atoms with Gasteiger partial charge >= 0.3 is 0 Å². The Morgan fingerprint density at radius 2 is 1.23 bits per heavy atom. The summed E-state index contributed by atoms with van der Waals surface area (Å²) in [6.07, 6.45) is 23.2. The molecule has 30 heavy (non-hydrogen) atoms. The second kappa shape index (κ2) is 17.4. The fourth-order valence-electron chi connectivity index (χ4n) is 3.48. The molecule has 0 heterocycles. The van der Waals surface area contributed by atoms with Gasteiger partial charge in [-0.25, -0.2) is 13.1 Å². The number of unbranched alkanes of at least 4 members (excludes halogenated alkanes) is 12. The zero-order valence-electron chi connectivity index (χ0n) is 19.3. The van der Waals surface area contributed by atoms with Gasteiger partial charge in [-0.2, -0.15) is 0 Å². The summed E-state index contributed by atoms with van der Waals surface area (Å²) >= 11 is 0. The van der Waals surface area contributed by atoms with E-state index < -0.39 is 10.0 Å². The molecule has 0 unspecified atom stereocenters. The molecule has 1 rings (SSSR count). The summed E-state index contributed by atoms with van der Waals surface area (Å²) in [5, 5.41) is 3.37. The SMILES string of the molecule is CCCCCCCC/C=C\CCCCCCCCNc1ccc(S(=O)(=O)NC)cc1. The molecule has 1 aromatic carbocycles. The maximum Gasteiger partial charge on any atom is 0.240 e. The topological polar surface area (TPSA) is 58.2 Å². The van der Waals surface area contributed by atoms with Gasteiger partial charge < -0.3 is 5.32 Å². The number of sulfonamides is 1. The van der Waals surface area contributed by atoms with Crippen LogP contribution in [0.4, 0.5) is 5.69 Å². The number of benzene rings is 1. The van der Waals surface area contributed by atoms with E-state index in [1.807, 2.05) is 12.1 Å². The first-order chi connectivity index (χ1) is 14.6. The van der Waals surface area contributed by atoms with Gasteiger partial charge in [-0.15, -0.1) is 0 Å². The molecule has 5 heteroatoms. The van der Waals surface area contributed by atoms with Crippen molar-refractivity contribution in [3.05, 3.63) is 36.4 Å². The van der Waals surface area contributed by atoms with Crippen molar-refractivity contribution in [1.82, 2.24) is 4.72 Å². The van der Waals surface area contributed by atoms with Crippen LogP contribution in [0.1, 0.15) is 96.8 Å². The van der Waals surface area contributed by atoms with Crippen molar-refractivity contribution in [2.45, 2.75) is 102 Å².